The molecule has 1 amide bonds. The average molecular weight is 270 g/mol. The van der Waals surface area contributed by atoms with E-state index in [-0.39, 0.29) is 12.1 Å². The van der Waals surface area contributed by atoms with Gasteiger partial charge in [0, 0.05) is 13.0 Å². The van der Waals surface area contributed by atoms with E-state index in [0.717, 1.165) is 5.56 Å². The molecule has 1 heterocycles. The van der Waals surface area contributed by atoms with Crippen LogP contribution in [0, 0.1) is 0 Å². The Kier molecular flexibility index (Phi) is 3.75. The lowest BCUT2D eigenvalue weighted by molar-refractivity contribution is -0.109. The predicted octanol–water partition coefficient (Wildman–Crippen LogP) is 1.49. The summed E-state index contributed by atoms with van der Waals surface area (Å²) in [5.41, 5.74) is 1.52. The molecule has 0 saturated carbocycles. The van der Waals surface area contributed by atoms with Crippen LogP contribution in [-0.2, 0) is 16.1 Å². The van der Waals surface area contributed by atoms with Crippen LogP contribution in [0.25, 0.3) is 0 Å². The average Bonchev–Trinajstić information content (AvgIpc) is 3.01. The van der Waals surface area contributed by atoms with Gasteiger partial charge in [-0.3, -0.25) is 4.79 Å². The van der Waals surface area contributed by atoms with Crippen molar-refractivity contribution in [2.24, 2.45) is 5.16 Å². The third kappa shape index (κ3) is 3.25. The lowest BCUT2D eigenvalue weighted by Gasteiger charge is -2.04. The fraction of sp³-hybridized carbons (Fsp3) is 0.333. The Morgan fingerprint density at radius 3 is 2.58 bits per heavy atom. The molecule has 1 aliphatic heterocycles. The van der Waals surface area contributed by atoms with Crippen LogP contribution >= 0.6 is 0 Å². The quantitative estimate of drug-likeness (QED) is 0.270. The molecule has 0 aromatic heterocycles. The molecule has 1 unspecified atom stereocenters. The SMILES string of the molecule is O=CNCc1ccc(/C(CC2OC2(F)F)=N/O)cc1. The molecule has 1 saturated heterocycles. The number of hydrogen-bond donors (Lipinski definition) is 2. The summed E-state index contributed by atoms with van der Waals surface area (Å²) in [6.07, 6.45) is -3.92. The standard InChI is InChI=1S/C12H12F2N2O3/c13-12(14)11(19-12)5-10(16-18)9-3-1-8(2-4-9)6-15-7-17/h1-4,7,11,18H,5-6H2,(H,15,17)/b16-10+. The van der Waals surface area contributed by atoms with Crippen molar-refractivity contribution in [3.05, 3.63) is 35.4 Å². The van der Waals surface area contributed by atoms with Crippen LogP contribution in [-0.4, -0.2) is 29.5 Å². The Bertz CT molecular complexity index is 488. The van der Waals surface area contributed by atoms with Gasteiger partial charge in [0.2, 0.25) is 6.41 Å². The zero-order chi connectivity index (χ0) is 13.9. The van der Waals surface area contributed by atoms with E-state index in [1.54, 1.807) is 24.3 Å². The number of epoxide rings is 1. The zero-order valence-corrected chi connectivity index (χ0v) is 9.85. The molecule has 1 aromatic rings. The van der Waals surface area contributed by atoms with Gasteiger partial charge in [0.15, 0.2) is 6.10 Å². The topological polar surface area (TPSA) is 74.2 Å². The number of benzene rings is 1. The molecule has 1 atom stereocenters. The second-order valence-electron chi connectivity index (χ2n) is 4.11. The highest BCUT2D eigenvalue weighted by Crippen LogP contribution is 2.42. The highest BCUT2D eigenvalue weighted by molar-refractivity contribution is 6.00. The molecule has 102 valence electrons. The van der Waals surface area contributed by atoms with Crippen molar-refractivity contribution in [3.63, 3.8) is 0 Å². The Hall–Kier alpha value is -2.02. The van der Waals surface area contributed by atoms with Crippen LogP contribution in [0.5, 0.6) is 0 Å². The molecule has 0 bridgehead atoms. The number of halogens is 2. The maximum atomic E-state index is 12.6. The van der Waals surface area contributed by atoms with Crippen molar-refractivity contribution in [2.75, 3.05) is 0 Å². The molecule has 1 aliphatic rings. The number of oxime groups is 1. The van der Waals surface area contributed by atoms with E-state index in [1.807, 2.05) is 0 Å². The molecular weight excluding hydrogens is 258 g/mol. The first-order chi connectivity index (χ1) is 9.06. The van der Waals surface area contributed by atoms with Crippen molar-refractivity contribution in [1.82, 2.24) is 5.32 Å². The van der Waals surface area contributed by atoms with Crippen molar-refractivity contribution in [3.8, 4) is 0 Å². The zero-order valence-electron chi connectivity index (χ0n) is 9.85. The maximum Gasteiger partial charge on any atom is 0.383 e. The van der Waals surface area contributed by atoms with Crippen LogP contribution in [0.1, 0.15) is 17.5 Å². The minimum Gasteiger partial charge on any atom is -0.411 e. The number of amides is 1. The molecule has 5 nitrogen and oxygen atoms in total. The second-order valence-corrected chi connectivity index (χ2v) is 4.11. The number of nitrogens with zero attached hydrogens (tertiary/aromatic N) is 1. The van der Waals surface area contributed by atoms with Gasteiger partial charge in [0.05, 0.1) is 5.71 Å². The number of ether oxygens (including phenoxy) is 1. The van der Waals surface area contributed by atoms with E-state index in [2.05, 4.69) is 15.2 Å². The molecule has 1 aromatic carbocycles. The molecule has 0 spiro atoms. The van der Waals surface area contributed by atoms with Gasteiger partial charge in [-0.1, -0.05) is 29.4 Å². The van der Waals surface area contributed by atoms with Crippen LogP contribution < -0.4 is 5.32 Å². The highest BCUT2D eigenvalue weighted by Gasteiger charge is 2.59. The fourth-order valence-corrected chi connectivity index (χ4v) is 1.68. The van der Waals surface area contributed by atoms with Gasteiger partial charge in [0.1, 0.15) is 0 Å². The Balaban J connectivity index is 2.01. The molecule has 2 N–H and O–H groups in total. The van der Waals surface area contributed by atoms with Gasteiger partial charge in [-0.15, -0.1) is 0 Å². The van der Waals surface area contributed by atoms with Gasteiger partial charge in [0.25, 0.3) is 0 Å². The summed E-state index contributed by atoms with van der Waals surface area (Å²) in [6, 6.07) is 6.70. The molecule has 1 fully saturated rings. The smallest absolute Gasteiger partial charge is 0.383 e. The van der Waals surface area contributed by atoms with Gasteiger partial charge in [-0.25, -0.2) is 0 Å². The van der Waals surface area contributed by atoms with E-state index >= 15 is 0 Å². The van der Waals surface area contributed by atoms with Crippen LogP contribution in [0.3, 0.4) is 0 Å². The molecule has 7 heteroatoms. The summed E-state index contributed by atoms with van der Waals surface area (Å²) in [4.78, 5) is 10.1. The van der Waals surface area contributed by atoms with Gasteiger partial charge >= 0.3 is 6.11 Å². The predicted molar refractivity (Wildman–Crippen MR) is 62.1 cm³/mol. The van der Waals surface area contributed by atoms with E-state index in [4.69, 9.17) is 5.21 Å². The van der Waals surface area contributed by atoms with Gasteiger partial charge in [-0.2, -0.15) is 8.78 Å². The van der Waals surface area contributed by atoms with Crippen LogP contribution in [0.4, 0.5) is 8.78 Å². The van der Waals surface area contributed by atoms with Gasteiger partial charge < -0.3 is 15.3 Å². The molecule has 19 heavy (non-hydrogen) atoms. The molecular formula is C12H12F2N2O3. The summed E-state index contributed by atoms with van der Waals surface area (Å²) >= 11 is 0. The van der Waals surface area contributed by atoms with E-state index < -0.39 is 12.2 Å². The summed E-state index contributed by atoms with van der Waals surface area (Å²) in [5.74, 6) is 0. The summed E-state index contributed by atoms with van der Waals surface area (Å²) in [5, 5.41) is 14.4. The third-order valence-electron chi connectivity index (χ3n) is 2.79. The first-order valence-electron chi connectivity index (χ1n) is 5.59. The minimum absolute atomic E-state index is 0.136. The fourth-order valence-electron chi connectivity index (χ4n) is 1.68. The minimum atomic E-state index is -3.12. The Labute approximate surface area is 107 Å². The van der Waals surface area contributed by atoms with Crippen LogP contribution in [0.15, 0.2) is 29.4 Å². The molecule has 0 aliphatic carbocycles. The first kappa shape index (κ1) is 13.4. The molecule has 0 radical (unpaired) electrons. The number of carbonyl (C=O) groups is 1. The maximum absolute atomic E-state index is 12.6. The van der Waals surface area contributed by atoms with E-state index in [0.29, 0.717) is 18.5 Å². The summed E-state index contributed by atoms with van der Waals surface area (Å²) < 4.78 is 29.4. The second kappa shape index (κ2) is 5.31. The van der Waals surface area contributed by atoms with Crippen molar-refractivity contribution in [1.29, 1.82) is 0 Å². The van der Waals surface area contributed by atoms with Crippen molar-refractivity contribution < 1.29 is 23.5 Å². The van der Waals surface area contributed by atoms with Crippen LogP contribution in [0.2, 0.25) is 0 Å². The lowest BCUT2D eigenvalue weighted by atomic mass is 10.0. The number of hydrogen-bond acceptors (Lipinski definition) is 4. The van der Waals surface area contributed by atoms with E-state index in [9.17, 15) is 13.6 Å². The number of alkyl halides is 2. The van der Waals surface area contributed by atoms with E-state index in [1.165, 1.54) is 0 Å². The lowest BCUT2D eigenvalue weighted by Crippen LogP contribution is -2.11. The van der Waals surface area contributed by atoms with Gasteiger partial charge in [-0.05, 0) is 11.1 Å². The summed E-state index contributed by atoms with van der Waals surface area (Å²) in [6.45, 7) is 0.374. The molecule has 2 rings (SSSR count). The largest absolute Gasteiger partial charge is 0.411 e. The number of carbonyl (C=O) groups excluding carboxylic acids is 1. The normalized spacial score (nSPS) is 20.9. The highest BCUT2D eigenvalue weighted by atomic mass is 19.3. The number of nitrogens with one attached hydrogen (secondary N) is 1. The number of rotatable bonds is 6. The Morgan fingerprint density at radius 2 is 2.11 bits per heavy atom. The first-order valence-corrected chi connectivity index (χ1v) is 5.59. The third-order valence-corrected chi connectivity index (χ3v) is 2.79. The monoisotopic (exact) mass is 270 g/mol. The van der Waals surface area contributed by atoms with Crippen molar-refractivity contribution in [2.45, 2.75) is 25.2 Å². The Morgan fingerprint density at radius 1 is 1.47 bits per heavy atom. The summed E-state index contributed by atoms with van der Waals surface area (Å²) in [7, 11) is 0. The van der Waals surface area contributed by atoms with Crippen molar-refractivity contribution >= 4 is 12.1 Å².